The highest BCUT2D eigenvalue weighted by molar-refractivity contribution is 5.80. The fraction of sp³-hybridized carbons (Fsp3) is 0.887. The van der Waals surface area contributed by atoms with E-state index in [0.29, 0.717) is 44.5 Å². The van der Waals surface area contributed by atoms with E-state index in [9.17, 15) is 28.8 Å². The molecule has 406 valence electrons. The van der Waals surface area contributed by atoms with Crippen molar-refractivity contribution in [2.24, 2.45) is 23.7 Å². The summed E-state index contributed by atoms with van der Waals surface area (Å²) < 4.78 is 15.6. The van der Waals surface area contributed by atoms with Gasteiger partial charge in [0.25, 0.3) is 0 Å². The summed E-state index contributed by atoms with van der Waals surface area (Å²) in [4.78, 5) is 77.8. The molecule has 0 aliphatic carbocycles. The maximum absolute atomic E-state index is 12.2. The molecule has 70 heavy (non-hydrogen) atoms. The number of carboxylic acids is 1. The number of carboxylic acid groups (broad SMARTS) is 1. The van der Waals surface area contributed by atoms with Crippen molar-refractivity contribution in [3.63, 3.8) is 0 Å². The van der Waals surface area contributed by atoms with Crippen molar-refractivity contribution < 1.29 is 48.1 Å². The van der Waals surface area contributed by atoms with Crippen LogP contribution in [0.1, 0.15) is 166 Å². The fourth-order valence-electron chi connectivity index (χ4n) is 9.60. The predicted molar refractivity (Wildman–Crippen MR) is 276 cm³/mol. The number of esters is 1. The van der Waals surface area contributed by atoms with Crippen molar-refractivity contribution >= 4 is 35.8 Å². The van der Waals surface area contributed by atoms with Crippen molar-refractivity contribution in [1.29, 1.82) is 0 Å². The van der Waals surface area contributed by atoms with Gasteiger partial charge in [-0.05, 0) is 190 Å². The molecule has 0 spiro atoms. The Hall–Kier alpha value is -3.54. The third-order valence-electron chi connectivity index (χ3n) is 13.5. The largest absolute Gasteiger partial charge is 0.481 e. The second kappa shape index (κ2) is 32.5. The SMILES string of the molecule is C.CC(C)(C)OC(=O)N1CCCC(=O)CC1.CC(C)(C)OC(=O)N1CCCC(N2CCC(C(=O)O)CC2)CC1.CC(C)CNC(=O)C1CCN(C2CCCNCC2)CC1.CCOC(=O)C1CCNCC1. The van der Waals surface area contributed by atoms with Crippen LogP contribution in [0.5, 0.6) is 0 Å². The monoisotopic (exact) mass is 994 g/mol. The van der Waals surface area contributed by atoms with Crippen LogP contribution in [-0.4, -0.2) is 175 Å². The molecule has 17 heteroatoms. The number of nitrogens with zero attached hydrogens (tertiary/aromatic N) is 4. The number of nitrogens with one attached hydrogen (secondary N) is 3. The third-order valence-corrected chi connectivity index (χ3v) is 13.5. The van der Waals surface area contributed by atoms with E-state index >= 15 is 0 Å². The molecular formula is C53H99N7O10. The minimum absolute atomic E-state index is 0. The first kappa shape index (κ1) is 62.6. The standard InChI is InChI=1S/C17H30N2O4.C16H31N3O.C11H19NO3.C8H15NO2.CH4/c1-17(2,3)23-16(22)19-9-4-5-14(8-12-19)18-10-6-13(7-11-18)15(20)21;1-13(2)12-18-16(20)14-6-10-19(11-7-14)15-4-3-8-17-9-5-15;1-11(2,3)15-10(14)12-7-4-5-9(13)6-8-12;1-2-11-8(10)7-3-5-9-6-4-7;/h13-14H,4-12H2,1-3H3,(H,20,21);13-15,17H,3-12H2,1-2H3,(H,18,20);4-8H2,1-3H3;7,9H,2-6H2,1H3;1H4. The van der Waals surface area contributed by atoms with Crippen LogP contribution in [0.2, 0.25) is 0 Å². The zero-order valence-corrected chi connectivity index (χ0v) is 44.4. The van der Waals surface area contributed by atoms with Gasteiger partial charge in [-0.1, -0.05) is 21.3 Å². The molecule has 6 heterocycles. The van der Waals surface area contributed by atoms with Gasteiger partial charge in [-0.15, -0.1) is 0 Å². The minimum atomic E-state index is -0.665. The topological polar surface area (TPSA) is 199 Å². The molecule has 0 bridgehead atoms. The Kier molecular flexibility index (Phi) is 29.1. The molecule has 17 nitrogen and oxygen atoms in total. The summed E-state index contributed by atoms with van der Waals surface area (Å²) in [5.41, 5.74) is -0.922. The first-order valence-corrected chi connectivity index (χ1v) is 26.7. The smallest absolute Gasteiger partial charge is 0.410 e. The van der Waals surface area contributed by atoms with Crippen LogP contribution in [0.4, 0.5) is 9.59 Å². The van der Waals surface area contributed by atoms with E-state index in [2.05, 4.69) is 39.6 Å². The van der Waals surface area contributed by atoms with E-state index in [0.717, 1.165) is 136 Å². The van der Waals surface area contributed by atoms with E-state index in [-0.39, 0.29) is 55.0 Å². The molecular weight excluding hydrogens is 895 g/mol. The summed E-state index contributed by atoms with van der Waals surface area (Å²) in [6.07, 6.45) is 13.5. The first-order chi connectivity index (χ1) is 32.6. The highest BCUT2D eigenvalue weighted by Crippen LogP contribution is 2.26. The molecule has 0 aromatic carbocycles. The van der Waals surface area contributed by atoms with Gasteiger partial charge in [-0.2, -0.15) is 0 Å². The van der Waals surface area contributed by atoms with Crippen molar-refractivity contribution in [1.82, 2.24) is 35.6 Å². The average Bonchev–Trinajstić information content (AvgIpc) is 3.83. The van der Waals surface area contributed by atoms with Gasteiger partial charge < -0.3 is 54.9 Å². The number of carbonyl (C=O) groups excluding carboxylic acids is 5. The number of Topliss-reactive ketones (excluding diaryl/α,β-unsaturated/α-hetero) is 1. The summed E-state index contributed by atoms with van der Waals surface area (Å²) >= 11 is 0. The second-order valence-electron chi connectivity index (χ2n) is 22.1. The first-order valence-electron chi connectivity index (χ1n) is 26.7. The average molecular weight is 994 g/mol. The molecule has 0 saturated carbocycles. The van der Waals surface area contributed by atoms with Gasteiger partial charge in [-0.3, -0.25) is 19.2 Å². The molecule has 3 amide bonds. The van der Waals surface area contributed by atoms with Crippen LogP contribution < -0.4 is 16.0 Å². The summed E-state index contributed by atoms with van der Waals surface area (Å²) in [5, 5.41) is 18.9. The molecule has 6 rings (SSSR count). The lowest BCUT2D eigenvalue weighted by molar-refractivity contribution is -0.149. The molecule has 0 radical (unpaired) electrons. The summed E-state index contributed by atoms with van der Waals surface area (Å²) in [5.74, 6) is 0.579. The van der Waals surface area contributed by atoms with Crippen LogP contribution in [0.3, 0.4) is 0 Å². The predicted octanol–water partition coefficient (Wildman–Crippen LogP) is 7.35. The van der Waals surface area contributed by atoms with E-state index in [1.165, 1.54) is 25.8 Å². The molecule has 6 aliphatic rings. The highest BCUT2D eigenvalue weighted by atomic mass is 16.6. The quantitative estimate of drug-likeness (QED) is 0.139. The van der Waals surface area contributed by atoms with Gasteiger partial charge in [0.15, 0.2) is 0 Å². The Morgan fingerprint density at radius 2 is 1.11 bits per heavy atom. The van der Waals surface area contributed by atoms with Crippen molar-refractivity contribution in [2.45, 2.75) is 189 Å². The van der Waals surface area contributed by atoms with Gasteiger partial charge in [0.1, 0.15) is 17.0 Å². The van der Waals surface area contributed by atoms with Crippen LogP contribution in [0.25, 0.3) is 0 Å². The Labute approximate surface area is 422 Å². The van der Waals surface area contributed by atoms with Crippen LogP contribution in [0.15, 0.2) is 0 Å². The van der Waals surface area contributed by atoms with E-state index in [1.807, 2.05) is 53.4 Å². The minimum Gasteiger partial charge on any atom is -0.481 e. The number of amides is 3. The molecule has 2 atom stereocenters. The number of ether oxygens (including phenoxy) is 3. The summed E-state index contributed by atoms with van der Waals surface area (Å²) in [6, 6.07) is 1.20. The van der Waals surface area contributed by atoms with Crippen LogP contribution >= 0.6 is 0 Å². The van der Waals surface area contributed by atoms with Gasteiger partial charge >= 0.3 is 24.1 Å². The van der Waals surface area contributed by atoms with Crippen molar-refractivity contribution in [3.8, 4) is 0 Å². The molecule has 6 aliphatic heterocycles. The van der Waals surface area contributed by atoms with Gasteiger partial charge in [-0.25, -0.2) is 9.59 Å². The zero-order chi connectivity index (χ0) is 51.0. The number of carbonyl (C=O) groups is 6. The molecule has 4 N–H and O–H groups in total. The Balaban J connectivity index is 0.000000329. The number of likely N-dealkylation sites (tertiary alicyclic amines) is 4. The molecule has 0 aromatic heterocycles. The Morgan fingerprint density at radius 3 is 1.66 bits per heavy atom. The lowest BCUT2D eigenvalue weighted by Gasteiger charge is -2.36. The van der Waals surface area contributed by atoms with Gasteiger partial charge in [0, 0.05) is 63.6 Å². The lowest BCUT2D eigenvalue weighted by atomic mass is 9.93. The van der Waals surface area contributed by atoms with E-state index in [1.54, 1.807) is 4.90 Å². The molecule has 0 aromatic rings. The third kappa shape index (κ3) is 25.2. The number of rotatable bonds is 8. The number of hydrogen-bond acceptors (Lipinski definition) is 13. The van der Waals surface area contributed by atoms with Gasteiger partial charge in [0.05, 0.1) is 18.4 Å². The zero-order valence-electron chi connectivity index (χ0n) is 44.4. The van der Waals surface area contributed by atoms with Crippen LogP contribution in [0, 0.1) is 23.7 Å². The molecule has 2 unspecified atom stereocenters. The van der Waals surface area contributed by atoms with E-state index < -0.39 is 17.2 Å². The maximum atomic E-state index is 12.2. The number of hydrogen-bond donors (Lipinski definition) is 4. The van der Waals surface area contributed by atoms with Crippen molar-refractivity contribution in [2.75, 3.05) is 91.7 Å². The Bertz CT molecular complexity index is 1540. The number of ketones is 1. The summed E-state index contributed by atoms with van der Waals surface area (Å²) in [6.45, 7) is 29.4. The fourth-order valence-corrected chi connectivity index (χ4v) is 9.60. The molecule has 6 fully saturated rings. The normalized spacial score (nSPS) is 22.9. The van der Waals surface area contributed by atoms with Crippen LogP contribution in [-0.2, 0) is 33.4 Å². The Morgan fingerprint density at radius 1 is 0.614 bits per heavy atom. The summed E-state index contributed by atoms with van der Waals surface area (Å²) in [7, 11) is 0. The highest BCUT2D eigenvalue weighted by Gasteiger charge is 2.32. The van der Waals surface area contributed by atoms with Crippen molar-refractivity contribution in [3.05, 3.63) is 0 Å². The second-order valence-corrected chi connectivity index (χ2v) is 22.1. The maximum Gasteiger partial charge on any atom is 0.410 e. The number of piperidine rings is 3. The lowest BCUT2D eigenvalue weighted by Crippen LogP contribution is -2.45. The molecule has 6 saturated heterocycles. The number of aliphatic carboxylic acids is 1. The van der Waals surface area contributed by atoms with E-state index in [4.69, 9.17) is 19.3 Å². The van der Waals surface area contributed by atoms with Gasteiger partial charge in [0.2, 0.25) is 5.91 Å².